The number of benzene rings is 1. The van der Waals surface area contributed by atoms with Crippen molar-refractivity contribution in [3.63, 3.8) is 0 Å². The molecule has 3 saturated heterocycles. The number of amides is 2. The molecule has 10 heteroatoms. The number of nitrogens with zero attached hydrogens (tertiary/aromatic N) is 5. The van der Waals surface area contributed by atoms with Crippen LogP contribution in [0.15, 0.2) is 18.2 Å². The number of hydrogen-bond acceptors (Lipinski definition) is 7. The molecule has 212 valence electrons. The maximum absolute atomic E-state index is 13.4. The second-order valence-electron chi connectivity index (χ2n) is 11.3. The van der Waals surface area contributed by atoms with Crippen molar-refractivity contribution >= 4 is 23.4 Å². The summed E-state index contributed by atoms with van der Waals surface area (Å²) in [6.07, 6.45) is 0.181. The molecule has 0 bridgehead atoms. The van der Waals surface area contributed by atoms with Gasteiger partial charge < -0.3 is 24.2 Å². The highest BCUT2D eigenvalue weighted by Gasteiger charge is 2.42. The lowest BCUT2D eigenvalue weighted by atomic mass is 9.96. The number of rotatable bonds is 8. The maximum atomic E-state index is 13.4. The fourth-order valence-corrected chi connectivity index (χ4v) is 5.51. The van der Waals surface area contributed by atoms with Crippen molar-refractivity contribution in [1.82, 2.24) is 24.5 Å². The molecule has 0 radical (unpaired) electrons. The Morgan fingerprint density at radius 1 is 1.00 bits per heavy atom. The third-order valence-electron chi connectivity index (χ3n) is 8.06. The predicted molar refractivity (Wildman–Crippen MR) is 149 cm³/mol. The number of piperazine rings is 2. The number of carbonyl (C=O) groups is 2. The van der Waals surface area contributed by atoms with Crippen LogP contribution in [-0.4, -0.2) is 140 Å². The monoisotopic (exact) mass is 549 g/mol. The van der Waals surface area contributed by atoms with Crippen LogP contribution in [0, 0.1) is 6.92 Å². The Balaban J connectivity index is 1.43. The molecule has 3 fully saturated rings. The number of aryl methyl sites for hydroxylation is 1. The van der Waals surface area contributed by atoms with Gasteiger partial charge in [0, 0.05) is 70.0 Å². The van der Waals surface area contributed by atoms with Gasteiger partial charge in [0.25, 0.3) is 0 Å². The highest BCUT2D eigenvalue weighted by atomic mass is 35.5. The Hall–Kier alpha value is -1.91. The van der Waals surface area contributed by atoms with E-state index in [0.717, 1.165) is 44.8 Å². The SMILES string of the molecule is Cc1cc(OCC2(CC(=O)N3CCN(C)CC3)CN(C(=O)CN3CCN(C(C)C)CC3)CCO2)ccc1Cl. The molecule has 1 unspecified atom stereocenters. The summed E-state index contributed by atoms with van der Waals surface area (Å²) in [4.78, 5) is 37.5. The first-order valence-corrected chi connectivity index (χ1v) is 14.3. The minimum absolute atomic E-state index is 0.0492. The van der Waals surface area contributed by atoms with Gasteiger partial charge in [-0.1, -0.05) is 11.6 Å². The first kappa shape index (κ1) is 29.1. The van der Waals surface area contributed by atoms with E-state index in [-0.39, 0.29) is 24.8 Å². The zero-order valence-electron chi connectivity index (χ0n) is 23.5. The average Bonchev–Trinajstić information content (AvgIpc) is 2.90. The molecule has 9 nitrogen and oxygen atoms in total. The van der Waals surface area contributed by atoms with Gasteiger partial charge in [0.05, 0.1) is 26.1 Å². The van der Waals surface area contributed by atoms with Gasteiger partial charge in [-0.2, -0.15) is 0 Å². The Labute approximate surface area is 232 Å². The van der Waals surface area contributed by atoms with E-state index in [1.165, 1.54) is 0 Å². The molecule has 38 heavy (non-hydrogen) atoms. The van der Waals surface area contributed by atoms with E-state index in [2.05, 4.69) is 35.6 Å². The van der Waals surface area contributed by atoms with Crippen LogP contribution in [0.1, 0.15) is 25.8 Å². The smallest absolute Gasteiger partial charge is 0.236 e. The molecule has 4 rings (SSSR count). The van der Waals surface area contributed by atoms with E-state index in [1.54, 1.807) is 0 Å². The highest BCUT2D eigenvalue weighted by Crippen LogP contribution is 2.27. The van der Waals surface area contributed by atoms with Crippen molar-refractivity contribution in [2.75, 3.05) is 92.3 Å². The number of carbonyl (C=O) groups excluding carboxylic acids is 2. The van der Waals surface area contributed by atoms with Gasteiger partial charge in [-0.15, -0.1) is 0 Å². The van der Waals surface area contributed by atoms with Crippen molar-refractivity contribution < 1.29 is 19.1 Å². The van der Waals surface area contributed by atoms with E-state index in [4.69, 9.17) is 21.1 Å². The zero-order chi connectivity index (χ0) is 27.3. The Bertz CT molecular complexity index is 963. The van der Waals surface area contributed by atoms with Gasteiger partial charge in [-0.05, 0) is 51.6 Å². The first-order chi connectivity index (χ1) is 18.1. The van der Waals surface area contributed by atoms with Crippen LogP contribution >= 0.6 is 11.6 Å². The quantitative estimate of drug-likeness (QED) is 0.490. The molecular formula is C28H44ClN5O4. The summed E-state index contributed by atoms with van der Waals surface area (Å²) in [5.74, 6) is 0.812. The summed E-state index contributed by atoms with van der Waals surface area (Å²) in [6, 6.07) is 6.05. The average molecular weight is 550 g/mol. The second-order valence-corrected chi connectivity index (χ2v) is 11.7. The number of ether oxygens (including phenoxy) is 2. The summed E-state index contributed by atoms with van der Waals surface area (Å²) in [5, 5.41) is 0.678. The number of halogens is 1. The molecule has 1 atom stereocenters. The van der Waals surface area contributed by atoms with Crippen LogP contribution in [0.3, 0.4) is 0 Å². The third kappa shape index (κ3) is 7.60. The summed E-state index contributed by atoms with van der Waals surface area (Å²) in [6.45, 7) is 15.0. The largest absolute Gasteiger partial charge is 0.490 e. The first-order valence-electron chi connectivity index (χ1n) is 13.9. The van der Waals surface area contributed by atoms with E-state index >= 15 is 0 Å². The molecule has 1 aromatic carbocycles. The van der Waals surface area contributed by atoms with Crippen molar-refractivity contribution in [3.05, 3.63) is 28.8 Å². The van der Waals surface area contributed by atoms with Crippen LogP contribution in [0.25, 0.3) is 0 Å². The molecule has 2 amide bonds. The molecule has 0 spiro atoms. The van der Waals surface area contributed by atoms with E-state index in [9.17, 15) is 9.59 Å². The molecule has 3 aliphatic rings. The summed E-state index contributed by atoms with van der Waals surface area (Å²) < 4.78 is 12.5. The van der Waals surface area contributed by atoms with Crippen LogP contribution in [0.5, 0.6) is 5.75 Å². The van der Waals surface area contributed by atoms with Gasteiger partial charge in [0.15, 0.2) is 0 Å². The topological polar surface area (TPSA) is 68.8 Å². The molecule has 0 aliphatic carbocycles. The standard InChI is InChI=1S/C28H44ClN5O4/c1-22(2)32-13-9-31(10-14-32)19-27(36)34-15-16-38-28(20-34,18-26(35)33-11-7-30(4)8-12-33)21-37-24-5-6-25(29)23(3)17-24/h5-6,17,22H,7-16,18-21H2,1-4H3. The van der Waals surface area contributed by atoms with Crippen molar-refractivity contribution in [3.8, 4) is 5.75 Å². The number of likely N-dealkylation sites (N-methyl/N-ethyl adjacent to an activating group) is 1. The Morgan fingerprint density at radius 2 is 1.71 bits per heavy atom. The molecule has 1 aromatic rings. The molecule has 0 N–H and O–H groups in total. The lowest BCUT2D eigenvalue weighted by Crippen LogP contribution is -2.60. The van der Waals surface area contributed by atoms with Crippen LogP contribution in [0.4, 0.5) is 0 Å². The normalized spacial score (nSPS) is 24.2. The molecular weight excluding hydrogens is 506 g/mol. The molecule has 3 heterocycles. The van der Waals surface area contributed by atoms with E-state index in [0.29, 0.717) is 56.1 Å². The van der Waals surface area contributed by atoms with Gasteiger partial charge in [0.2, 0.25) is 11.8 Å². The lowest BCUT2D eigenvalue weighted by Gasteiger charge is -2.44. The highest BCUT2D eigenvalue weighted by molar-refractivity contribution is 6.31. The lowest BCUT2D eigenvalue weighted by molar-refractivity contribution is -0.167. The fourth-order valence-electron chi connectivity index (χ4n) is 5.40. The van der Waals surface area contributed by atoms with Crippen LogP contribution in [-0.2, 0) is 14.3 Å². The van der Waals surface area contributed by atoms with Gasteiger partial charge in [0.1, 0.15) is 18.0 Å². The second kappa shape index (κ2) is 13.0. The predicted octanol–water partition coefficient (Wildman–Crippen LogP) is 1.81. The zero-order valence-corrected chi connectivity index (χ0v) is 24.2. The summed E-state index contributed by atoms with van der Waals surface area (Å²) >= 11 is 6.19. The Morgan fingerprint density at radius 3 is 2.37 bits per heavy atom. The van der Waals surface area contributed by atoms with Crippen LogP contribution in [0.2, 0.25) is 5.02 Å². The van der Waals surface area contributed by atoms with Crippen molar-refractivity contribution in [1.29, 1.82) is 0 Å². The third-order valence-corrected chi connectivity index (χ3v) is 8.48. The molecule has 0 saturated carbocycles. The van der Waals surface area contributed by atoms with Gasteiger partial charge in [-0.3, -0.25) is 19.4 Å². The van der Waals surface area contributed by atoms with E-state index in [1.807, 2.05) is 34.9 Å². The molecule has 3 aliphatic heterocycles. The van der Waals surface area contributed by atoms with Crippen molar-refractivity contribution in [2.24, 2.45) is 0 Å². The maximum Gasteiger partial charge on any atom is 0.236 e. The van der Waals surface area contributed by atoms with Crippen molar-refractivity contribution in [2.45, 2.75) is 38.8 Å². The fraction of sp³-hybridized carbons (Fsp3) is 0.714. The number of hydrogen-bond donors (Lipinski definition) is 0. The minimum Gasteiger partial charge on any atom is -0.490 e. The van der Waals surface area contributed by atoms with Crippen LogP contribution < -0.4 is 4.74 Å². The summed E-state index contributed by atoms with van der Waals surface area (Å²) in [7, 11) is 2.07. The molecule has 0 aromatic heterocycles. The minimum atomic E-state index is -0.905. The van der Waals surface area contributed by atoms with Gasteiger partial charge in [-0.25, -0.2) is 0 Å². The summed E-state index contributed by atoms with van der Waals surface area (Å²) in [5.41, 5.74) is 0.0174. The Kier molecular flexibility index (Phi) is 9.92. The number of morpholine rings is 1. The van der Waals surface area contributed by atoms with E-state index < -0.39 is 5.60 Å². The van der Waals surface area contributed by atoms with Gasteiger partial charge >= 0.3 is 0 Å².